The average Bonchev–Trinajstić information content (AvgIpc) is 3.29. The summed E-state index contributed by atoms with van der Waals surface area (Å²) >= 11 is 7.22. The Hall–Kier alpha value is -2.83. The Bertz CT molecular complexity index is 1150. The molecular weight excluding hydrogens is 396 g/mol. The van der Waals surface area contributed by atoms with Crippen molar-refractivity contribution < 1.29 is 13.9 Å². The zero-order valence-corrected chi connectivity index (χ0v) is 16.8. The number of benzene rings is 1. The van der Waals surface area contributed by atoms with Gasteiger partial charge in [0.15, 0.2) is 0 Å². The second-order valence-corrected chi connectivity index (χ2v) is 7.95. The monoisotopic (exact) mass is 412 g/mol. The van der Waals surface area contributed by atoms with Gasteiger partial charge in [0.2, 0.25) is 0 Å². The van der Waals surface area contributed by atoms with Gasteiger partial charge < -0.3 is 14.9 Å². The van der Waals surface area contributed by atoms with Crippen LogP contribution in [0.1, 0.15) is 23.5 Å². The number of halogens is 1. The molecule has 0 unspecified atom stereocenters. The van der Waals surface area contributed by atoms with Gasteiger partial charge in [0, 0.05) is 21.5 Å². The number of ether oxygens (including phenoxy) is 1. The number of hydrogen-bond acceptors (Lipinski definition) is 6. The highest BCUT2D eigenvalue weighted by molar-refractivity contribution is 7.21. The van der Waals surface area contributed by atoms with Crippen molar-refractivity contribution in [3.05, 3.63) is 58.6 Å². The van der Waals surface area contributed by atoms with Crippen LogP contribution in [-0.2, 0) is 4.74 Å². The second-order valence-electron chi connectivity index (χ2n) is 6.52. The van der Waals surface area contributed by atoms with E-state index >= 15 is 0 Å². The number of carbonyl (C=O) groups excluding carboxylic acids is 1. The fourth-order valence-electron chi connectivity index (χ4n) is 2.93. The predicted octanol–water partition coefficient (Wildman–Crippen LogP) is 6.02. The van der Waals surface area contributed by atoms with Crippen LogP contribution in [0.4, 0.5) is 5.69 Å². The minimum atomic E-state index is -0.450. The highest BCUT2D eigenvalue weighted by Gasteiger charge is 2.23. The summed E-state index contributed by atoms with van der Waals surface area (Å²) in [6.45, 7) is 3.60. The van der Waals surface area contributed by atoms with Crippen LogP contribution in [0, 0.1) is 0 Å². The molecule has 0 aliphatic rings. The Morgan fingerprint density at radius 2 is 2.00 bits per heavy atom. The zero-order chi connectivity index (χ0) is 19.8. The van der Waals surface area contributed by atoms with E-state index in [2.05, 4.69) is 0 Å². The Balaban J connectivity index is 1.95. The van der Waals surface area contributed by atoms with Crippen LogP contribution in [0.25, 0.3) is 32.8 Å². The number of pyridine rings is 1. The van der Waals surface area contributed by atoms with Crippen LogP contribution in [0.5, 0.6) is 0 Å². The van der Waals surface area contributed by atoms with Crippen LogP contribution < -0.4 is 5.73 Å². The molecule has 0 saturated carbocycles. The Labute approximate surface area is 170 Å². The molecule has 0 fully saturated rings. The standard InChI is InChI=1S/C21H17ClN2O3S/c1-11(2)27-21(25)19-18(23)17-14(16-4-3-9-26-16)10-15(24-20(17)28-19)12-5-7-13(22)8-6-12/h3-11H,23H2,1-2H3. The van der Waals surface area contributed by atoms with Crippen LogP contribution in [-0.4, -0.2) is 17.1 Å². The molecule has 0 saturated heterocycles. The lowest BCUT2D eigenvalue weighted by molar-refractivity contribution is 0.0385. The van der Waals surface area contributed by atoms with E-state index in [0.717, 1.165) is 16.8 Å². The zero-order valence-electron chi connectivity index (χ0n) is 15.2. The Kier molecular flexibility index (Phi) is 4.83. The first-order valence-electron chi connectivity index (χ1n) is 8.68. The molecule has 28 heavy (non-hydrogen) atoms. The van der Waals surface area contributed by atoms with Crippen molar-refractivity contribution in [2.75, 3.05) is 5.73 Å². The van der Waals surface area contributed by atoms with Crippen LogP contribution >= 0.6 is 22.9 Å². The molecule has 2 N–H and O–H groups in total. The molecular formula is C21H17ClN2O3S. The van der Waals surface area contributed by atoms with E-state index in [4.69, 9.17) is 31.5 Å². The third-order valence-electron chi connectivity index (χ3n) is 4.15. The number of rotatable bonds is 4. The average molecular weight is 413 g/mol. The number of nitrogen functional groups attached to an aromatic ring is 1. The highest BCUT2D eigenvalue weighted by atomic mass is 35.5. The van der Waals surface area contributed by atoms with Gasteiger partial charge >= 0.3 is 5.97 Å². The minimum absolute atomic E-state index is 0.237. The molecule has 5 nitrogen and oxygen atoms in total. The lowest BCUT2D eigenvalue weighted by Gasteiger charge is -2.07. The molecule has 0 aliphatic carbocycles. The second kappa shape index (κ2) is 7.30. The molecule has 4 aromatic rings. The Morgan fingerprint density at radius 3 is 2.64 bits per heavy atom. The smallest absolute Gasteiger partial charge is 0.350 e. The molecule has 4 rings (SSSR count). The van der Waals surface area contributed by atoms with Crippen LogP contribution in [0.3, 0.4) is 0 Å². The maximum atomic E-state index is 12.5. The van der Waals surface area contributed by atoms with Crippen LogP contribution in [0.2, 0.25) is 5.02 Å². The first-order valence-corrected chi connectivity index (χ1v) is 9.87. The number of aromatic nitrogens is 1. The number of furan rings is 1. The fourth-order valence-corrected chi connectivity index (χ4v) is 4.06. The van der Waals surface area contributed by atoms with Gasteiger partial charge in [0.25, 0.3) is 0 Å². The van der Waals surface area contributed by atoms with E-state index in [-0.39, 0.29) is 6.10 Å². The number of thiophene rings is 1. The predicted molar refractivity (Wildman–Crippen MR) is 113 cm³/mol. The van der Waals surface area contributed by atoms with Crippen molar-refractivity contribution in [1.29, 1.82) is 0 Å². The van der Waals surface area contributed by atoms with Gasteiger partial charge in [0.05, 0.1) is 23.7 Å². The van der Waals surface area contributed by atoms with Crippen LogP contribution in [0.15, 0.2) is 53.1 Å². The maximum absolute atomic E-state index is 12.5. The number of fused-ring (bicyclic) bond motifs is 1. The van der Waals surface area contributed by atoms with Gasteiger partial charge in [-0.25, -0.2) is 9.78 Å². The van der Waals surface area contributed by atoms with Gasteiger partial charge in [-0.15, -0.1) is 11.3 Å². The first kappa shape index (κ1) is 18.5. The molecule has 7 heteroatoms. The van der Waals surface area contributed by atoms with E-state index in [1.165, 1.54) is 11.3 Å². The van der Waals surface area contributed by atoms with Gasteiger partial charge in [-0.05, 0) is 44.2 Å². The van der Waals surface area contributed by atoms with Crippen molar-refractivity contribution in [1.82, 2.24) is 4.98 Å². The highest BCUT2D eigenvalue weighted by Crippen LogP contribution is 2.41. The van der Waals surface area contributed by atoms with Crippen molar-refractivity contribution in [3.8, 4) is 22.6 Å². The Morgan fingerprint density at radius 1 is 1.25 bits per heavy atom. The molecule has 0 atom stereocenters. The number of nitrogens with zero attached hydrogens (tertiary/aromatic N) is 1. The van der Waals surface area contributed by atoms with Crippen molar-refractivity contribution >= 4 is 44.8 Å². The first-order chi connectivity index (χ1) is 13.4. The van der Waals surface area contributed by atoms with Crippen molar-refractivity contribution in [2.24, 2.45) is 0 Å². The fraction of sp³-hybridized carbons (Fsp3) is 0.143. The van der Waals surface area contributed by atoms with Crippen molar-refractivity contribution in [3.63, 3.8) is 0 Å². The number of esters is 1. The molecule has 3 aromatic heterocycles. The molecule has 0 amide bonds. The molecule has 0 spiro atoms. The summed E-state index contributed by atoms with van der Waals surface area (Å²) in [5.74, 6) is 0.199. The lowest BCUT2D eigenvalue weighted by atomic mass is 10.0. The van der Waals surface area contributed by atoms with E-state index in [1.807, 2.05) is 36.4 Å². The number of nitrogens with two attached hydrogens (primary N) is 1. The summed E-state index contributed by atoms with van der Waals surface area (Å²) < 4.78 is 10.9. The van der Waals surface area contributed by atoms with E-state index < -0.39 is 5.97 Å². The van der Waals surface area contributed by atoms with Gasteiger partial charge in [-0.2, -0.15) is 0 Å². The van der Waals surface area contributed by atoms with Crippen molar-refractivity contribution in [2.45, 2.75) is 20.0 Å². The molecule has 1 aromatic carbocycles. The molecule has 0 bridgehead atoms. The van der Waals surface area contributed by atoms with E-state index in [1.54, 1.807) is 26.2 Å². The third-order valence-corrected chi connectivity index (χ3v) is 5.49. The summed E-state index contributed by atoms with van der Waals surface area (Å²) in [6.07, 6.45) is 1.36. The van der Waals surface area contributed by atoms with E-state index in [9.17, 15) is 4.79 Å². The molecule has 142 valence electrons. The number of hydrogen-bond donors (Lipinski definition) is 1. The topological polar surface area (TPSA) is 78.3 Å². The number of anilines is 1. The lowest BCUT2D eigenvalue weighted by Crippen LogP contribution is -2.11. The largest absolute Gasteiger partial charge is 0.464 e. The number of carbonyl (C=O) groups is 1. The SMILES string of the molecule is CC(C)OC(=O)c1sc2nc(-c3ccc(Cl)cc3)cc(-c3ccco3)c2c1N. The van der Waals surface area contributed by atoms with Gasteiger partial charge in [-0.3, -0.25) is 0 Å². The summed E-state index contributed by atoms with van der Waals surface area (Å²) in [5, 5.41) is 1.34. The van der Waals surface area contributed by atoms with Gasteiger partial charge in [0.1, 0.15) is 15.5 Å². The normalized spacial score (nSPS) is 11.3. The summed E-state index contributed by atoms with van der Waals surface area (Å²) in [4.78, 5) is 18.2. The quantitative estimate of drug-likeness (QED) is 0.414. The maximum Gasteiger partial charge on any atom is 0.350 e. The van der Waals surface area contributed by atoms with Gasteiger partial charge in [-0.1, -0.05) is 23.7 Å². The van der Waals surface area contributed by atoms with E-state index in [0.29, 0.717) is 31.6 Å². The molecule has 3 heterocycles. The summed E-state index contributed by atoms with van der Waals surface area (Å²) in [5.41, 5.74) is 9.11. The molecule has 0 aliphatic heterocycles. The summed E-state index contributed by atoms with van der Waals surface area (Å²) in [7, 11) is 0. The molecule has 0 radical (unpaired) electrons. The summed E-state index contributed by atoms with van der Waals surface area (Å²) in [6, 6.07) is 13.0. The third kappa shape index (κ3) is 3.37. The minimum Gasteiger partial charge on any atom is -0.464 e.